The second kappa shape index (κ2) is 8.19. The summed E-state index contributed by atoms with van der Waals surface area (Å²) >= 11 is 0. The molecule has 2 aromatic carbocycles. The van der Waals surface area contributed by atoms with E-state index in [1.165, 1.54) is 27.7 Å². The monoisotopic (exact) mass is 392 g/mol. The van der Waals surface area contributed by atoms with E-state index in [0.717, 1.165) is 24.8 Å². The largest absolute Gasteiger partial charge is 0.493 e. The van der Waals surface area contributed by atoms with Crippen LogP contribution in [0, 0.1) is 6.92 Å². The molecule has 0 aliphatic heterocycles. The minimum absolute atomic E-state index is 0.0974. The molecule has 3 aromatic rings. The first-order chi connectivity index (χ1) is 14.1. The third kappa shape index (κ3) is 4.09. The molecule has 0 spiro atoms. The van der Waals surface area contributed by atoms with Crippen molar-refractivity contribution in [2.45, 2.75) is 45.1 Å². The van der Waals surface area contributed by atoms with Crippen molar-refractivity contribution in [2.24, 2.45) is 0 Å². The second-order valence-electron chi connectivity index (χ2n) is 7.83. The van der Waals surface area contributed by atoms with Crippen molar-refractivity contribution in [3.05, 3.63) is 58.8 Å². The molecular formula is C24H28N2O3. The van der Waals surface area contributed by atoms with E-state index in [4.69, 9.17) is 9.47 Å². The quantitative estimate of drug-likeness (QED) is 0.664. The van der Waals surface area contributed by atoms with Crippen molar-refractivity contribution in [2.75, 3.05) is 14.2 Å². The van der Waals surface area contributed by atoms with Crippen LogP contribution in [0.3, 0.4) is 0 Å². The minimum atomic E-state index is 0.0974. The van der Waals surface area contributed by atoms with Crippen LogP contribution in [-0.4, -0.2) is 31.2 Å². The Labute approximate surface area is 171 Å². The van der Waals surface area contributed by atoms with E-state index < -0.39 is 0 Å². The number of rotatable bonds is 6. The average molecular weight is 392 g/mol. The number of H-pyrrole nitrogens is 1. The molecule has 0 bridgehead atoms. The zero-order valence-electron chi connectivity index (χ0n) is 17.3. The number of fused-ring (bicyclic) bond motifs is 3. The van der Waals surface area contributed by atoms with Crippen molar-refractivity contribution in [1.82, 2.24) is 10.3 Å². The molecular weight excluding hydrogens is 364 g/mol. The number of ether oxygens (including phenoxy) is 2. The highest BCUT2D eigenvalue weighted by Crippen LogP contribution is 2.30. The highest BCUT2D eigenvalue weighted by Gasteiger charge is 2.23. The summed E-state index contributed by atoms with van der Waals surface area (Å²) in [5.74, 6) is 1.49. The van der Waals surface area contributed by atoms with Crippen LogP contribution < -0.4 is 14.8 Å². The van der Waals surface area contributed by atoms with E-state index in [1.54, 1.807) is 14.2 Å². The fraction of sp³-hybridized carbons (Fsp3) is 0.375. The Hall–Kier alpha value is -2.95. The summed E-state index contributed by atoms with van der Waals surface area (Å²) in [6, 6.07) is 12.5. The molecule has 1 aromatic heterocycles. The number of hydrogen-bond donors (Lipinski definition) is 2. The summed E-state index contributed by atoms with van der Waals surface area (Å²) in [6.07, 6.45) is 3.99. The SMILES string of the molecule is COc1ccc(CCC(=O)NC2CCc3c([nH]c4ccc(C)cc34)C2)cc1OC. The number of methoxy groups -OCH3 is 2. The molecule has 0 fully saturated rings. The average Bonchev–Trinajstić information content (AvgIpc) is 3.08. The van der Waals surface area contributed by atoms with Crippen molar-refractivity contribution >= 4 is 16.8 Å². The number of nitrogens with one attached hydrogen (secondary N) is 2. The number of carbonyl (C=O) groups excluding carboxylic acids is 1. The van der Waals surface area contributed by atoms with Crippen molar-refractivity contribution < 1.29 is 14.3 Å². The maximum atomic E-state index is 12.5. The van der Waals surface area contributed by atoms with Gasteiger partial charge < -0.3 is 19.8 Å². The number of aryl methyl sites for hydroxylation is 3. The zero-order valence-corrected chi connectivity index (χ0v) is 17.3. The first-order valence-electron chi connectivity index (χ1n) is 10.2. The lowest BCUT2D eigenvalue weighted by molar-refractivity contribution is -0.121. The van der Waals surface area contributed by atoms with Crippen LogP contribution in [0.1, 0.15) is 35.2 Å². The Kier molecular flexibility index (Phi) is 5.47. The van der Waals surface area contributed by atoms with Gasteiger partial charge >= 0.3 is 0 Å². The molecule has 1 amide bonds. The lowest BCUT2D eigenvalue weighted by Gasteiger charge is -2.23. The third-order valence-electron chi connectivity index (χ3n) is 5.80. The van der Waals surface area contributed by atoms with Gasteiger partial charge in [0.2, 0.25) is 5.91 Å². The van der Waals surface area contributed by atoms with Gasteiger partial charge in [-0.1, -0.05) is 17.7 Å². The predicted octanol–water partition coefficient (Wildman–Crippen LogP) is 4.10. The normalized spacial score (nSPS) is 15.8. The Morgan fingerprint density at radius 1 is 1.14 bits per heavy atom. The predicted molar refractivity (Wildman–Crippen MR) is 115 cm³/mol. The van der Waals surface area contributed by atoms with Gasteiger partial charge in [-0.25, -0.2) is 0 Å². The molecule has 1 heterocycles. The van der Waals surface area contributed by atoms with E-state index in [2.05, 4.69) is 35.4 Å². The van der Waals surface area contributed by atoms with E-state index in [-0.39, 0.29) is 11.9 Å². The van der Waals surface area contributed by atoms with Crippen molar-refractivity contribution in [3.63, 3.8) is 0 Å². The van der Waals surface area contributed by atoms with Gasteiger partial charge in [0.1, 0.15) is 0 Å². The summed E-state index contributed by atoms with van der Waals surface area (Å²) < 4.78 is 10.6. The van der Waals surface area contributed by atoms with Crippen LogP contribution >= 0.6 is 0 Å². The van der Waals surface area contributed by atoms with Gasteiger partial charge in [-0.3, -0.25) is 4.79 Å². The van der Waals surface area contributed by atoms with E-state index in [1.807, 2.05) is 18.2 Å². The Balaban J connectivity index is 1.36. The van der Waals surface area contributed by atoms with Crippen molar-refractivity contribution in [1.29, 1.82) is 0 Å². The molecule has 1 atom stereocenters. The van der Waals surface area contributed by atoms with Crippen LogP contribution in [0.5, 0.6) is 11.5 Å². The molecule has 0 radical (unpaired) electrons. The molecule has 1 unspecified atom stereocenters. The maximum Gasteiger partial charge on any atom is 0.220 e. The lowest BCUT2D eigenvalue weighted by atomic mass is 9.91. The molecule has 0 saturated carbocycles. The zero-order chi connectivity index (χ0) is 20.4. The summed E-state index contributed by atoms with van der Waals surface area (Å²) in [4.78, 5) is 16.1. The third-order valence-corrected chi connectivity index (χ3v) is 5.80. The molecule has 2 N–H and O–H groups in total. The highest BCUT2D eigenvalue weighted by atomic mass is 16.5. The number of carbonyl (C=O) groups is 1. The fourth-order valence-corrected chi connectivity index (χ4v) is 4.26. The minimum Gasteiger partial charge on any atom is -0.493 e. The molecule has 29 heavy (non-hydrogen) atoms. The number of aromatic nitrogens is 1. The summed E-state index contributed by atoms with van der Waals surface area (Å²) in [5, 5.41) is 4.55. The Morgan fingerprint density at radius 3 is 2.76 bits per heavy atom. The van der Waals surface area contributed by atoms with Gasteiger partial charge in [-0.05, 0) is 61.6 Å². The molecule has 5 nitrogen and oxygen atoms in total. The standard InChI is InChI=1S/C24H28N2O3/c1-15-4-9-20-19(12-15)18-8-7-17(14-21(18)26-20)25-24(27)11-6-16-5-10-22(28-2)23(13-16)29-3/h4-5,9-10,12-13,17,26H,6-8,11,14H2,1-3H3,(H,25,27). The number of amides is 1. The fourth-order valence-electron chi connectivity index (χ4n) is 4.26. The van der Waals surface area contributed by atoms with E-state index in [0.29, 0.717) is 24.3 Å². The highest BCUT2D eigenvalue weighted by molar-refractivity contribution is 5.85. The van der Waals surface area contributed by atoms with E-state index >= 15 is 0 Å². The molecule has 4 rings (SSSR count). The summed E-state index contributed by atoms with van der Waals surface area (Å²) in [6.45, 7) is 2.13. The summed E-state index contributed by atoms with van der Waals surface area (Å²) in [5.41, 5.74) is 6.22. The molecule has 0 saturated heterocycles. The first-order valence-corrected chi connectivity index (χ1v) is 10.2. The molecule has 152 valence electrons. The van der Waals surface area contributed by atoms with Crippen LogP contribution in [0.4, 0.5) is 0 Å². The van der Waals surface area contributed by atoms with Gasteiger partial charge in [-0.2, -0.15) is 0 Å². The molecule has 1 aliphatic rings. The van der Waals surface area contributed by atoms with Gasteiger partial charge in [0.15, 0.2) is 11.5 Å². The van der Waals surface area contributed by atoms with Gasteiger partial charge in [0.05, 0.1) is 14.2 Å². The molecule has 5 heteroatoms. The van der Waals surface area contributed by atoms with Crippen LogP contribution in [0.15, 0.2) is 36.4 Å². The van der Waals surface area contributed by atoms with Crippen LogP contribution in [0.2, 0.25) is 0 Å². The van der Waals surface area contributed by atoms with Crippen LogP contribution in [0.25, 0.3) is 10.9 Å². The number of benzene rings is 2. The topological polar surface area (TPSA) is 63.3 Å². The van der Waals surface area contributed by atoms with E-state index in [9.17, 15) is 4.79 Å². The number of hydrogen-bond acceptors (Lipinski definition) is 3. The maximum absolute atomic E-state index is 12.5. The van der Waals surface area contributed by atoms with Gasteiger partial charge in [-0.15, -0.1) is 0 Å². The van der Waals surface area contributed by atoms with Crippen LogP contribution in [-0.2, 0) is 24.1 Å². The smallest absolute Gasteiger partial charge is 0.220 e. The van der Waals surface area contributed by atoms with Crippen molar-refractivity contribution in [3.8, 4) is 11.5 Å². The summed E-state index contributed by atoms with van der Waals surface area (Å²) in [7, 11) is 3.24. The first kappa shape index (κ1) is 19.4. The Bertz CT molecular complexity index is 1040. The molecule has 1 aliphatic carbocycles. The Morgan fingerprint density at radius 2 is 1.97 bits per heavy atom. The lowest BCUT2D eigenvalue weighted by Crippen LogP contribution is -2.38. The second-order valence-corrected chi connectivity index (χ2v) is 7.83. The van der Waals surface area contributed by atoms with Gasteiger partial charge in [0.25, 0.3) is 0 Å². The number of aromatic amines is 1. The van der Waals surface area contributed by atoms with Gasteiger partial charge in [0, 0.05) is 35.5 Å².